The Morgan fingerprint density at radius 3 is 2.78 bits per heavy atom. The summed E-state index contributed by atoms with van der Waals surface area (Å²) in [6.07, 6.45) is 2.90. The summed E-state index contributed by atoms with van der Waals surface area (Å²) in [5.74, 6) is 0.288. The predicted molar refractivity (Wildman–Crippen MR) is 115 cm³/mol. The van der Waals surface area contributed by atoms with Crippen molar-refractivity contribution in [3.05, 3.63) is 53.9 Å². The molecule has 0 unspecified atom stereocenters. The number of aliphatic hydroxyl groups excluding tert-OH is 1. The van der Waals surface area contributed by atoms with E-state index in [2.05, 4.69) is 15.6 Å². The second-order valence-corrected chi connectivity index (χ2v) is 7.97. The van der Waals surface area contributed by atoms with E-state index in [1.807, 2.05) is 18.2 Å². The third kappa shape index (κ3) is 5.07. The van der Waals surface area contributed by atoms with Crippen molar-refractivity contribution in [2.24, 2.45) is 0 Å². The highest BCUT2D eigenvalue weighted by Crippen LogP contribution is 2.47. The van der Waals surface area contributed by atoms with Crippen molar-refractivity contribution < 1.29 is 28.9 Å². The Bertz CT molecular complexity index is 954. The number of carbonyl (C=O) groups excluding carboxylic acids is 2. The minimum atomic E-state index is -0.536. The van der Waals surface area contributed by atoms with Gasteiger partial charge in [0.25, 0.3) is 0 Å². The van der Waals surface area contributed by atoms with E-state index in [-0.39, 0.29) is 49.6 Å². The first-order valence-corrected chi connectivity index (χ1v) is 10.6. The molecule has 0 saturated carbocycles. The molecule has 2 aliphatic rings. The number of carbonyl (C=O) groups is 2. The first kappa shape index (κ1) is 22.2. The van der Waals surface area contributed by atoms with Gasteiger partial charge in [-0.3, -0.25) is 14.6 Å². The smallest absolute Gasteiger partial charge is 0.250 e. The molecule has 4 atom stereocenters. The summed E-state index contributed by atoms with van der Waals surface area (Å²) in [4.78, 5) is 28.3. The van der Waals surface area contributed by atoms with Crippen molar-refractivity contribution in [2.75, 3.05) is 25.6 Å². The number of ether oxygens (including phenoxy) is 3. The van der Waals surface area contributed by atoms with E-state index in [1.54, 1.807) is 24.5 Å². The number of hydrogen-bond donors (Lipinski definition) is 3. The molecule has 0 spiro atoms. The number of aliphatic hydroxyl groups is 1. The van der Waals surface area contributed by atoms with Gasteiger partial charge in [-0.1, -0.05) is 0 Å². The van der Waals surface area contributed by atoms with Crippen LogP contribution in [0.2, 0.25) is 0 Å². The van der Waals surface area contributed by atoms with E-state index >= 15 is 0 Å². The number of nitrogens with one attached hydrogen (secondary N) is 2. The molecule has 1 aromatic heterocycles. The molecular weight excluding hydrogens is 414 g/mol. The SMILES string of the molecule is COCC(=O)Nc1ccc2c(c1)[C@@H]1C[C@@H](CC(=O)NCc3ccncc3)O[C@H](CO)[C@@H]1O2. The quantitative estimate of drug-likeness (QED) is 0.566. The molecule has 2 amide bonds. The summed E-state index contributed by atoms with van der Waals surface area (Å²) in [6, 6.07) is 9.15. The molecular formula is C23H27N3O6. The number of nitrogens with zero attached hydrogens (tertiary/aromatic N) is 1. The Morgan fingerprint density at radius 1 is 1.22 bits per heavy atom. The van der Waals surface area contributed by atoms with Gasteiger partial charge in [0.1, 0.15) is 24.6 Å². The van der Waals surface area contributed by atoms with Gasteiger partial charge < -0.3 is 30.0 Å². The van der Waals surface area contributed by atoms with Gasteiger partial charge in [-0.15, -0.1) is 0 Å². The summed E-state index contributed by atoms with van der Waals surface area (Å²) in [5.41, 5.74) is 2.55. The second kappa shape index (κ2) is 10.1. The van der Waals surface area contributed by atoms with E-state index in [9.17, 15) is 14.7 Å². The third-order valence-corrected chi connectivity index (χ3v) is 5.71. The fourth-order valence-corrected chi connectivity index (χ4v) is 4.28. The van der Waals surface area contributed by atoms with Crippen molar-refractivity contribution >= 4 is 17.5 Å². The summed E-state index contributed by atoms with van der Waals surface area (Å²) >= 11 is 0. The van der Waals surface area contributed by atoms with E-state index in [0.717, 1.165) is 11.1 Å². The molecule has 2 aliphatic heterocycles. The lowest BCUT2D eigenvalue weighted by atomic mass is 9.84. The Labute approximate surface area is 186 Å². The minimum absolute atomic E-state index is 0.0310. The van der Waals surface area contributed by atoms with E-state index in [0.29, 0.717) is 24.4 Å². The predicted octanol–water partition coefficient (Wildman–Crippen LogP) is 1.37. The van der Waals surface area contributed by atoms with Gasteiger partial charge in [-0.25, -0.2) is 0 Å². The second-order valence-electron chi connectivity index (χ2n) is 7.97. The van der Waals surface area contributed by atoms with Crippen molar-refractivity contribution in [1.29, 1.82) is 0 Å². The lowest BCUT2D eigenvalue weighted by Gasteiger charge is -2.37. The molecule has 0 bridgehead atoms. The molecule has 1 saturated heterocycles. The summed E-state index contributed by atoms with van der Waals surface area (Å²) in [6.45, 7) is 0.179. The van der Waals surface area contributed by atoms with Crippen LogP contribution < -0.4 is 15.4 Å². The van der Waals surface area contributed by atoms with Crippen molar-refractivity contribution in [1.82, 2.24) is 10.3 Å². The molecule has 4 rings (SSSR count). The molecule has 1 aromatic carbocycles. The number of pyridine rings is 1. The van der Waals surface area contributed by atoms with Crippen molar-refractivity contribution in [3.63, 3.8) is 0 Å². The molecule has 2 aromatic rings. The van der Waals surface area contributed by atoms with Gasteiger partial charge >= 0.3 is 0 Å². The maximum absolute atomic E-state index is 12.5. The van der Waals surface area contributed by atoms with Gasteiger partial charge in [0, 0.05) is 43.2 Å². The number of benzene rings is 1. The Balaban J connectivity index is 1.42. The lowest BCUT2D eigenvalue weighted by molar-refractivity contribution is -0.142. The van der Waals surface area contributed by atoms with Crippen LogP contribution in [0.5, 0.6) is 5.75 Å². The van der Waals surface area contributed by atoms with Crippen molar-refractivity contribution in [3.8, 4) is 5.75 Å². The minimum Gasteiger partial charge on any atom is -0.487 e. The molecule has 0 aliphatic carbocycles. The zero-order chi connectivity index (χ0) is 22.5. The molecule has 9 nitrogen and oxygen atoms in total. The van der Waals surface area contributed by atoms with Gasteiger partial charge in [0.05, 0.1) is 19.1 Å². The van der Waals surface area contributed by atoms with Crippen molar-refractivity contribution in [2.45, 2.75) is 43.6 Å². The third-order valence-electron chi connectivity index (χ3n) is 5.71. The van der Waals surface area contributed by atoms with E-state index in [1.165, 1.54) is 7.11 Å². The number of methoxy groups -OCH3 is 1. The maximum atomic E-state index is 12.5. The fourth-order valence-electron chi connectivity index (χ4n) is 4.28. The Kier molecular flexibility index (Phi) is 6.99. The monoisotopic (exact) mass is 441 g/mol. The molecule has 32 heavy (non-hydrogen) atoms. The molecule has 3 N–H and O–H groups in total. The zero-order valence-corrected chi connectivity index (χ0v) is 17.8. The maximum Gasteiger partial charge on any atom is 0.250 e. The van der Waals surface area contributed by atoms with Gasteiger partial charge in [0.2, 0.25) is 11.8 Å². The number of amides is 2. The molecule has 3 heterocycles. The number of aromatic nitrogens is 1. The Hall–Kier alpha value is -3.01. The molecule has 170 valence electrons. The fraction of sp³-hybridized carbons (Fsp3) is 0.435. The lowest BCUT2D eigenvalue weighted by Crippen LogP contribution is -2.47. The van der Waals surface area contributed by atoms with Gasteiger partial charge in [0.15, 0.2) is 0 Å². The van der Waals surface area contributed by atoms with Crippen LogP contribution in [-0.2, 0) is 25.6 Å². The topological polar surface area (TPSA) is 119 Å². The highest BCUT2D eigenvalue weighted by molar-refractivity contribution is 5.92. The van der Waals surface area contributed by atoms with Crippen LogP contribution in [0.25, 0.3) is 0 Å². The first-order chi connectivity index (χ1) is 15.6. The van der Waals surface area contributed by atoms with Crippen LogP contribution in [0, 0.1) is 0 Å². The normalized spacial score (nSPS) is 23.6. The Morgan fingerprint density at radius 2 is 2.03 bits per heavy atom. The number of rotatable bonds is 8. The van der Waals surface area contributed by atoms with Gasteiger partial charge in [-0.2, -0.15) is 0 Å². The van der Waals surface area contributed by atoms with Crippen LogP contribution in [0.15, 0.2) is 42.7 Å². The van der Waals surface area contributed by atoms with Crippen LogP contribution in [0.3, 0.4) is 0 Å². The highest BCUT2D eigenvalue weighted by atomic mass is 16.6. The van der Waals surface area contributed by atoms with Crippen LogP contribution in [0.1, 0.15) is 29.9 Å². The average molecular weight is 441 g/mol. The first-order valence-electron chi connectivity index (χ1n) is 10.6. The van der Waals surface area contributed by atoms with E-state index in [4.69, 9.17) is 14.2 Å². The molecule has 1 fully saturated rings. The van der Waals surface area contributed by atoms with Crippen LogP contribution in [0.4, 0.5) is 5.69 Å². The molecule has 9 heteroatoms. The largest absolute Gasteiger partial charge is 0.487 e. The number of fused-ring (bicyclic) bond motifs is 3. The summed E-state index contributed by atoms with van der Waals surface area (Å²) in [5, 5.41) is 15.6. The van der Waals surface area contributed by atoms with Crippen LogP contribution in [-0.4, -0.2) is 60.5 Å². The van der Waals surface area contributed by atoms with Crippen LogP contribution >= 0.6 is 0 Å². The number of hydrogen-bond acceptors (Lipinski definition) is 7. The summed E-state index contributed by atoms with van der Waals surface area (Å²) < 4.78 is 16.9. The number of anilines is 1. The summed E-state index contributed by atoms with van der Waals surface area (Å²) in [7, 11) is 1.46. The zero-order valence-electron chi connectivity index (χ0n) is 17.8. The highest BCUT2D eigenvalue weighted by Gasteiger charge is 2.46. The van der Waals surface area contributed by atoms with Gasteiger partial charge in [-0.05, 0) is 42.3 Å². The molecule has 0 radical (unpaired) electrons. The standard InChI is InChI=1S/C23H27N3O6/c1-30-13-22(29)26-15-2-3-19-17(8-15)18-9-16(31-20(12-27)23(18)32-19)10-21(28)25-11-14-4-6-24-7-5-14/h2-8,16,18,20,23,27H,9-13H2,1H3,(H,25,28)(H,26,29)/t16-,18-,20+,23+/m0/s1. The van der Waals surface area contributed by atoms with E-state index < -0.39 is 6.10 Å². The average Bonchev–Trinajstić information content (AvgIpc) is 3.16.